The fourth-order valence-electron chi connectivity index (χ4n) is 2.12. The number of methoxy groups -OCH3 is 1. The smallest absolute Gasteiger partial charge is 0.130 e. The lowest BCUT2D eigenvalue weighted by Crippen LogP contribution is -1.91. The van der Waals surface area contributed by atoms with Gasteiger partial charge in [-0.2, -0.15) is 0 Å². The second-order valence-corrected chi connectivity index (χ2v) is 5.17. The maximum Gasteiger partial charge on any atom is 0.130 e. The van der Waals surface area contributed by atoms with Crippen LogP contribution in [-0.4, -0.2) is 12.1 Å². The number of pyridine rings is 1. The number of aromatic nitrogens is 1. The molecule has 2 nitrogen and oxygen atoms in total. The molecule has 0 saturated carbocycles. The number of nitrogens with zero attached hydrogens (tertiary/aromatic N) is 1. The predicted molar refractivity (Wildman–Crippen MR) is 83.8 cm³/mol. The number of para-hydroxylation sites is 1. The summed E-state index contributed by atoms with van der Waals surface area (Å²) in [5, 5.41) is 2.03. The molecule has 2 aromatic carbocycles. The average molecular weight is 304 g/mol. The number of ether oxygens (including phenoxy) is 1. The molecular weight excluding hydrogens is 293 g/mol. The average Bonchev–Trinajstić information content (AvgIpc) is 2.49. The normalized spacial score (nSPS) is 10.8. The number of hydrogen-bond acceptors (Lipinski definition) is 2. The van der Waals surface area contributed by atoms with Gasteiger partial charge in [-0.3, -0.25) is 0 Å². The summed E-state index contributed by atoms with van der Waals surface area (Å²) in [5.41, 5.74) is 2.59. The maximum atomic E-state index is 6.06. The van der Waals surface area contributed by atoms with Gasteiger partial charge in [0, 0.05) is 17.0 Å². The van der Waals surface area contributed by atoms with Crippen LogP contribution in [0.2, 0.25) is 10.0 Å². The molecule has 0 saturated heterocycles. The quantitative estimate of drug-likeness (QED) is 0.648. The highest BCUT2D eigenvalue weighted by Gasteiger charge is 2.09. The van der Waals surface area contributed by atoms with Crippen molar-refractivity contribution in [2.75, 3.05) is 7.11 Å². The molecule has 0 unspecified atom stereocenters. The summed E-state index contributed by atoms with van der Waals surface area (Å²) in [4.78, 5) is 4.64. The monoisotopic (exact) mass is 303 g/mol. The third kappa shape index (κ3) is 2.33. The molecule has 0 N–H and O–H groups in total. The zero-order valence-corrected chi connectivity index (χ0v) is 12.2. The first-order chi connectivity index (χ1) is 9.69. The van der Waals surface area contributed by atoms with Crippen molar-refractivity contribution in [1.29, 1.82) is 0 Å². The number of halogens is 2. The van der Waals surface area contributed by atoms with E-state index in [1.165, 1.54) is 0 Å². The van der Waals surface area contributed by atoms with E-state index in [2.05, 4.69) is 4.98 Å². The second kappa shape index (κ2) is 5.31. The van der Waals surface area contributed by atoms with E-state index < -0.39 is 0 Å². The first kappa shape index (κ1) is 13.2. The van der Waals surface area contributed by atoms with Gasteiger partial charge in [0.2, 0.25) is 0 Å². The molecule has 0 amide bonds. The Morgan fingerprint density at radius 1 is 0.950 bits per heavy atom. The van der Waals surface area contributed by atoms with Crippen LogP contribution in [0.25, 0.3) is 22.2 Å². The summed E-state index contributed by atoms with van der Waals surface area (Å²) in [7, 11) is 1.65. The lowest BCUT2D eigenvalue weighted by Gasteiger charge is -2.09. The molecule has 1 aromatic heterocycles. The molecule has 0 atom stereocenters. The molecule has 3 rings (SSSR count). The topological polar surface area (TPSA) is 22.1 Å². The molecule has 0 radical (unpaired) electrons. The molecule has 1 heterocycles. The molecule has 0 aliphatic carbocycles. The molecule has 4 heteroatoms. The van der Waals surface area contributed by atoms with Crippen molar-refractivity contribution in [2.24, 2.45) is 0 Å². The summed E-state index contributed by atoms with van der Waals surface area (Å²) >= 11 is 12.0. The van der Waals surface area contributed by atoms with Gasteiger partial charge in [0.1, 0.15) is 5.75 Å². The van der Waals surface area contributed by atoms with Crippen LogP contribution in [0.5, 0.6) is 5.75 Å². The van der Waals surface area contributed by atoms with E-state index in [1.54, 1.807) is 19.2 Å². The Kier molecular flexibility index (Phi) is 3.51. The van der Waals surface area contributed by atoms with E-state index in [4.69, 9.17) is 27.9 Å². The van der Waals surface area contributed by atoms with Gasteiger partial charge in [-0.1, -0.05) is 41.4 Å². The predicted octanol–water partition coefficient (Wildman–Crippen LogP) is 5.22. The van der Waals surface area contributed by atoms with Gasteiger partial charge in [-0.05, 0) is 24.3 Å². The number of hydrogen-bond donors (Lipinski definition) is 0. The highest BCUT2D eigenvalue weighted by Crippen LogP contribution is 2.32. The van der Waals surface area contributed by atoms with Gasteiger partial charge in [0.25, 0.3) is 0 Å². The third-order valence-electron chi connectivity index (χ3n) is 3.11. The van der Waals surface area contributed by atoms with Crippen molar-refractivity contribution in [2.45, 2.75) is 0 Å². The second-order valence-electron chi connectivity index (χ2n) is 4.36. The molecule has 0 fully saturated rings. The van der Waals surface area contributed by atoms with Gasteiger partial charge in [-0.25, -0.2) is 4.98 Å². The van der Waals surface area contributed by atoms with Crippen LogP contribution in [0.3, 0.4) is 0 Å². The molecule has 20 heavy (non-hydrogen) atoms. The molecule has 0 bridgehead atoms. The Morgan fingerprint density at radius 3 is 2.50 bits per heavy atom. The Balaban J connectivity index is 2.23. The lowest BCUT2D eigenvalue weighted by atomic mass is 10.1. The van der Waals surface area contributed by atoms with Gasteiger partial charge in [0.05, 0.1) is 28.4 Å². The summed E-state index contributed by atoms with van der Waals surface area (Å²) in [6.45, 7) is 0. The van der Waals surface area contributed by atoms with E-state index in [1.807, 2.05) is 36.4 Å². The highest BCUT2D eigenvalue weighted by molar-refractivity contribution is 6.42. The van der Waals surface area contributed by atoms with Crippen molar-refractivity contribution < 1.29 is 4.74 Å². The Labute approximate surface area is 126 Å². The summed E-state index contributed by atoms with van der Waals surface area (Å²) in [5.74, 6) is 0.789. The van der Waals surface area contributed by atoms with Gasteiger partial charge in [0.15, 0.2) is 0 Å². The molecular formula is C16H11Cl2NO. The summed E-state index contributed by atoms with van der Waals surface area (Å²) in [6, 6.07) is 15.2. The van der Waals surface area contributed by atoms with Crippen LogP contribution in [0.1, 0.15) is 0 Å². The standard InChI is InChI=1S/C16H11Cl2NO/c1-20-16-9-15(10-6-7-12(17)13(18)8-10)19-14-5-3-2-4-11(14)16/h2-9H,1H3. The SMILES string of the molecule is COc1cc(-c2ccc(Cl)c(Cl)c2)nc2ccccc12. The van der Waals surface area contributed by atoms with E-state index in [9.17, 15) is 0 Å². The minimum atomic E-state index is 0.512. The third-order valence-corrected chi connectivity index (χ3v) is 3.85. The van der Waals surface area contributed by atoms with Crippen LogP contribution in [-0.2, 0) is 0 Å². The van der Waals surface area contributed by atoms with E-state index in [0.717, 1.165) is 27.9 Å². The number of benzene rings is 2. The zero-order chi connectivity index (χ0) is 14.1. The molecule has 100 valence electrons. The van der Waals surface area contributed by atoms with E-state index in [-0.39, 0.29) is 0 Å². The first-order valence-electron chi connectivity index (χ1n) is 6.08. The fourth-order valence-corrected chi connectivity index (χ4v) is 2.41. The van der Waals surface area contributed by atoms with Gasteiger partial charge in [-0.15, -0.1) is 0 Å². The van der Waals surface area contributed by atoms with Crippen LogP contribution >= 0.6 is 23.2 Å². The number of fused-ring (bicyclic) bond motifs is 1. The molecule has 3 aromatic rings. The van der Waals surface area contributed by atoms with E-state index in [0.29, 0.717) is 10.0 Å². The highest BCUT2D eigenvalue weighted by atomic mass is 35.5. The minimum Gasteiger partial charge on any atom is -0.496 e. The van der Waals surface area contributed by atoms with E-state index >= 15 is 0 Å². The summed E-state index contributed by atoms with van der Waals surface area (Å²) in [6.07, 6.45) is 0. The van der Waals surface area contributed by atoms with Crippen molar-refractivity contribution in [3.8, 4) is 17.0 Å². The van der Waals surface area contributed by atoms with Crippen molar-refractivity contribution in [1.82, 2.24) is 4.98 Å². The first-order valence-corrected chi connectivity index (χ1v) is 6.84. The Bertz CT molecular complexity index is 787. The van der Waals surface area contributed by atoms with Crippen LogP contribution in [0.15, 0.2) is 48.5 Å². The van der Waals surface area contributed by atoms with Crippen LogP contribution < -0.4 is 4.74 Å². The van der Waals surface area contributed by atoms with Crippen molar-refractivity contribution in [3.63, 3.8) is 0 Å². The number of rotatable bonds is 2. The molecule has 0 spiro atoms. The van der Waals surface area contributed by atoms with Gasteiger partial charge < -0.3 is 4.74 Å². The largest absolute Gasteiger partial charge is 0.496 e. The summed E-state index contributed by atoms with van der Waals surface area (Å²) < 4.78 is 5.44. The van der Waals surface area contributed by atoms with Crippen LogP contribution in [0, 0.1) is 0 Å². The fraction of sp³-hybridized carbons (Fsp3) is 0.0625. The molecule has 0 aliphatic rings. The lowest BCUT2D eigenvalue weighted by molar-refractivity contribution is 0.419. The van der Waals surface area contributed by atoms with Crippen molar-refractivity contribution >= 4 is 34.1 Å². The Hall–Kier alpha value is -1.77. The van der Waals surface area contributed by atoms with Crippen LogP contribution in [0.4, 0.5) is 0 Å². The molecule has 0 aliphatic heterocycles. The minimum absolute atomic E-state index is 0.512. The zero-order valence-electron chi connectivity index (χ0n) is 10.7. The maximum absolute atomic E-state index is 6.06. The van der Waals surface area contributed by atoms with Gasteiger partial charge >= 0.3 is 0 Å². The Morgan fingerprint density at radius 2 is 1.75 bits per heavy atom. The van der Waals surface area contributed by atoms with Crippen molar-refractivity contribution in [3.05, 3.63) is 58.6 Å².